The van der Waals surface area contributed by atoms with E-state index in [4.69, 9.17) is 4.74 Å². The minimum Gasteiger partial charge on any atom is -0.508 e. The molecule has 1 N–H and O–H groups in total. The van der Waals surface area contributed by atoms with Gasteiger partial charge in [0.1, 0.15) is 11.5 Å². The Balaban J connectivity index is 2.69. The maximum absolute atomic E-state index is 9.32. The van der Waals surface area contributed by atoms with Crippen molar-refractivity contribution in [1.82, 2.24) is 0 Å². The molecule has 2 heteroatoms. The van der Waals surface area contributed by atoms with Gasteiger partial charge in [0.15, 0.2) is 0 Å². The molecule has 0 saturated heterocycles. The van der Waals surface area contributed by atoms with E-state index >= 15 is 0 Å². The Morgan fingerprint density at radius 1 is 1.42 bits per heavy atom. The molecular weight excluding hydrogens is 152 g/mol. The van der Waals surface area contributed by atoms with E-state index in [9.17, 15) is 5.11 Å². The third-order valence-electron chi connectivity index (χ3n) is 1.65. The Labute approximate surface area is 72.8 Å². The van der Waals surface area contributed by atoms with Crippen LogP contribution >= 0.6 is 0 Å². The van der Waals surface area contributed by atoms with Crippen molar-refractivity contribution >= 4 is 0 Å². The van der Waals surface area contributed by atoms with Gasteiger partial charge in [-0.1, -0.05) is 13.0 Å². The zero-order valence-electron chi connectivity index (χ0n) is 7.50. The summed E-state index contributed by atoms with van der Waals surface area (Å²) in [5, 5.41) is 9.32. The number of phenolic OH excluding ortho intramolecular Hbond substituents is 1. The number of rotatable bonds is 3. The number of ether oxygens (including phenoxy) is 1. The van der Waals surface area contributed by atoms with Gasteiger partial charge in [-0.05, 0) is 25.0 Å². The van der Waals surface area contributed by atoms with E-state index in [1.54, 1.807) is 6.07 Å². The van der Waals surface area contributed by atoms with Crippen LogP contribution in [0.2, 0.25) is 0 Å². The Morgan fingerprint density at radius 3 is 2.75 bits per heavy atom. The van der Waals surface area contributed by atoms with Gasteiger partial charge in [-0.3, -0.25) is 0 Å². The smallest absolute Gasteiger partial charge is 0.122 e. The zero-order chi connectivity index (χ0) is 8.97. The van der Waals surface area contributed by atoms with Gasteiger partial charge in [0, 0.05) is 6.07 Å². The van der Waals surface area contributed by atoms with E-state index in [1.165, 1.54) is 0 Å². The first-order chi connectivity index (χ1) is 5.74. The average Bonchev–Trinajstić information content (AvgIpc) is 2.07. The highest BCUT2D eigenvalue weighted by Gasteiger charge is 1.97. The molecule has 0 saturated carbocycles. The minimum atomic E-state index is 0.295. The molecule has 0 heterocycles. The van der Waals surface area contributed by atoms with E-state index in [-0.39, 0.29) is 0 Å². The molecule has 0 fully saturated rings. The standard InChI is InChI=1S/C10H14O2/c1-3-6-12-9-5-4-8(2)10(11)7-9/h4-5,7,11H,3,6H2,1-2H3. The monoisotopic (exact) mass is 166 g/mol. The number of benzene rings is 1. The van der Waals surface area contributed by atoms with Gasteiger partial charge in [-0.25, -0.2) is 0 Å². The van der Waals surface area contributed by atoms with Crippen LogP contribution in [0.25, 0.3) is 0 Å². The van der Waals surface area contributed by atoms with E-state index in [0.717, 1.165) is 17.7 Å². The molecule has 0 aromatic heterocycles. The van der Waals surface area contributed by atoms with Gasteiger partial charge < -0.3 is 9.84 Å². The molecule has 1 rings (SSSR count). The molecule has 0 unspecified atom stereocenters. The number of aryl methyl sites for hydroxylation is 1. The predicted octanol–water partition coefficient (Wildman–Crippen LogP) is 2.49. The number of phenols is 1. The van der Waals surface area contributed by atoms with Crippen LogP contribution in [0.1, 0.15) is 18.9 Å². The molecule has 0 bridgehead atoms. The first-order valence-electron chi connectivity index (χ1n) is 4.16. The van der Waals surface area contributed by atoms with Gasteiger partial charge in [0.2, 0.25) is 0 Å². The predicted molar refractivity (Wildman–Crippen MR) is 48.6 cm³/mol. The summed E-state index contributed by atoms with van der Waals surface area (Å²) in [5.41, 5.74) is 0.874. The molecule has 2 nitrogen and oxygen atoms in total. The van der Waals surface area contributed by atoms with Crippen LogP contribution in [0.3, 0.4) is 0 Å². The van der Waals surface area contributed by atoms with E-state index in [0.29, 0.717) is 12.4 Å². The van der Waals surface area contributed by atoms with Crippen molar-refractivity contribution in [3.63, 3.8) is 0 Å². The summed E-state index contributed by atoms with van der Waals surface area (Å²) in [6.07, 6.45) is 0.981. The van der Waals surface area contributed by atoms with Gasteiger partial charge in [-0.2, -0.15) is 0 Å². The quantitative estimate of drug-likeness (QED) is 0.747. The first-order valence-corrected chi connectivity index (χ1v) is 4.16. The molecule has 0 spiro atoms. The fraction of sp³-hybridized carbons (Fsp3) is 0.400. The van der Waals surface area contributed by atoms with Crippen LogP contribution < -0.4 is 4.74 Å². The average molecular weight is 166 g/mol. The van der Waals surface area contributed by atoms with Crippen molar-refractivity contribution in [3.05, 3.63) is 23.8 Å². The van der Waals surface area contributed by atoms with E-state index in [2.05, 4.69) is 0 Å². The second kappa shape index (κ2) is 4.00. The van der Waals surface area contributed by atoms with Crippen LogP contribution in [-0.4, -0.2) is 11.7 Å². The fourth-order valence-corrected chi connectivity index (χ4v) is 0.899. The minimum absolute atomic E-state index is 0.295. The summed E-state index contributed by atoms with van der Waals surface area (Å²) < 4.78 is 5.33. The Hall–Kier alpha value is -1.18. The van der Waals surface area contributed by atoms with Gasteiger partial charge in [-0.15, -0.1) is 0 Å². The van der Waals surface area contributed by atoms with Crippen molar-refractivity contribution in [2.24, 2.45) is 0 Å². The molecule has 0 radical (unpaired) electrons. The van der Waals surface area contributed by atoms with Crippen molar-refractivity contribution < 1.29 is 9.84 Å². The van der Waals surface area contributed by atoms with Crippen LogP contribution in [0, 0.1) is 6.92 Å². The maximum atomic E-state index is 9.32. The normalized spacial score (nSPS) is 9.83. The van der Waals surface area contributed by atoms with Crippen molar-refractivity contribution in [3.8, 4) is 11.5 Å². The molecule has 0 aliphatic carbocycles. The SMILES string of the molecule is CCCOc1ccc(C)c(O)c1. The summed E-state index contributed by atoms with van der Waals surface area (Å²) >= 11 is 0. The lowest BCUT2D eigenvalue weighted by atomic mass is 10.2. The summed E-state index contributed by atoms with van der Waals surface area (Å²) in [6.45, 7) is 4.61. The first kappa shape index (κ1) is 8.91. The second-order valence-corrected chi connectivity index (χ2v) is 2.80. The molecule has 12 heavy (non-hydrogen) atoms. The maximum Gasteiger partial charge on any atom is 0.122 e. The Morgan fingerprint density at radius 2 is 2.17 bits per heavy atom. The zero-order valence-corrected chi connectivity index (χ0v) is 7.50. The van der Waals surface area contributed by atoms with E-state index < -0.39 is 0 Å². The number of hydrogen-bond acceptors (Lipinski definition) is 2. The summed E-state index contributed by atoms with van der Waals surface area (Å²) in [5.74, 6) is 1.03. The van der Waals surface area contributed by atoms with Crippen LogP contribution in [0.15, 0.2) is 18.2 Å². The van der Waals surface area contributed by atoms with Gasteiger partial charge in [0.25, 0.3) is 0 Å². The largest absolute Gasteiger partial charge is 0.508 e. The van der Waals surface area contributed by atoms with Gasteiger partial charge in [0.05, 0.1) is 6.61 Å². The molecule has 0 aliphatic heterocycles. The molecule has 0 amide bonds. The molecule has 1 aromatic carbocycles. The Kier molecular flexibility index (Phi) is 2.97. The molecule has 66 valence electrons. The third-order valence-corrected chi connectivity index (χ3v) is 1.65. The topological polar surface area (TPSA) is 29.5 Å². The molecule has 0 aliphatic rings. The second-order valence-electron chi connectivity index (χ2n) is 2.80. The highest BCUT2D eigenvalue weighted by atomic mass is 16.5. The number of hydrogen-bond donors (Lipinski definition) is 1. The Bertz CT molecular complexity index is 256. The molecular formula is C10H14O2. The summed E-state index contributed by atoms with van der Waals surface area (Å²) in [6, 6.07) is 5.36. The van der Waals surface area contributed by atoms with Crippen molar-refractivity contribution in [2.45, 2.75) is 20.3 Å². The van der Waals surface area contributed by atoms with Crippen molar-refractivity contribution in [1.29, 1.82) is 0 Å². The van der Waals surface area contributed by atoms with Gasteiger partial charge >= 0.3 is 0 Å². The van der Waals surface area contributed by atoms with Crippen LogP contribution in [0.5, 0.6) is 11.5 Å². The number of aromatic hydroxyl groups is 1. The lowest BCUT2D eigenvalue weighted by molar-refractivity contribution is 0.315. The summed E-state index contributed by atoms with van der Waals surface area (Å²) in [7, 11) is 0. The molecule has 1 aromatic rings. The third kappa shape index (κ3) is 2.16. The lowest BCUT2D eigenvalue weighted by Crippen LogP contribution is -1.94. The van der Waals surface area contributed by atoms with Crippen LogP contribution in [0.4, 0.5) is 0 Å². The summed E-state index contributed by atoms with van der Waals surface area (Å²) in [4.78, 5) is 0. The molecule has 0 atom stereocenters. The highest BCUT2D eigenvalue weighted by Crippen LogP contribution is 2.22. The van der Waals surface area contributed by atoms with Crippen molar-refractivity contribution in [2.75, 3.05) is 6.61 Å². The lowest BCUT2D eigenvalue weighted by Gasteiger charge is -2.05. The van der Waals surface area contributed by atoms with Crippen LogP contribution in [-0.2, 0) is 0 Å². The van der Waals surface area contributed by atoms with E-state index in [1.807, 2.05) is 26.0 Å². The highest BCUT2D eigenvalue weighted by molar-refractivity contribution is 5.38. The fourth-order valence-electron chi connectivity index (χ4n) is 0.899.